The largest absolute Gasteiger partial charge is 0.507 e. The lowest BCUT2D eigenvalue weighted by molar-refractivity contribution is -0.136. The number of aromatic hydroxyl groups is 2. The van der Waals surface area contributed by atoms with Crippen LogP contribution in [0.1, 0.15) is 17.3 Å². The summed E-state index contributed by atoms with van der Waals surface area (Å²) < 4.78 is 5.16. The highest BCUT2D eigenvalue weighted by molar-refractivity contribution is 6.01. The summed E-state index contributed by atoms with van der Waals surface area (Å²) in [6.07, 6.45) is 0. The van der Waals surface area contributed by atoms with Crippen LogP contribution in [0.15, 0.2) is 18.2 Å². The van der Waals surface area contributed by atoms with Crippen molar-refractivity contribution < 1.29 is 24.5 Å². The number of nitrogens with one attached hydrogen (secondary N) is 1. The van der Waals surface area contributed by atoms with Gasteiger partial charge in [-0.1, -0.05) is 6.07 Å². The Morgan fingerprint density at radius 2 is 1.81 bits per heavy atom. The van der Waals surface area contributed by atoms with Crippen LogP contribution in [0.2, 0.25) is 0 Å². The number of phenols is 2. The molecule has 0 aromatic heterocycles. The van der Waals surface area contributed by atoms with Gasteiger partial charge in [0.15, 0.2) is 0 Å². The molecule has 1 saturated heterocycles. The van der Waals surface area contributed by atoms with Crippen molar-refractivity contribution in [3.8, 4) is 11.5 Å². The molecule has 1 heterocycles. The SMILES string of the molecule is CC(NC(=O)c1c(O)cccc1O)C(=O)N1CCOCC1. The third kappa shape index (κ3) is 3.43. The molecule has 1 aromatic carbocycles. The molecule has 1 aliphatic heterocycles. The van der Waals surface area contributed by atoms with Crippen molar-refractivity contribution in [1.29, 1.82) is 0 Å². The van der Waals surface area contributed by atoms with Crippen molar-refractivity contribution >= 4 is 11.8 Å². The zero-order chi connectivity index (χ0) is 15.4. The summed E-state index contributed by atoms with van der Waals surface area (Å²) in [7, 11) is 0. The van der Waals surface area contributed by atoms with Gasteiger partial charge in [0.25, 0.3) is 5.91 Å². The molecule has 0 bridgehead atoms. The zero-order valence-electron chi connectivity index (χ0n) is 11.7. The number of amides is 2. The minimum Gasteiger partial charge on any atom is -0.507 e. The summed E-state index contributed by atoms with van der Waals surface area (Å²) in [6.45, 7) is 3.49. The van der Waals surface area contributed by atoms with E-state index in [4.69, 9.17) is 4.74 Å². The first kappa shape index (κ1) is 15.1. The lowest BCUT2D eigenvalue weighted by Crippen LogP contribution is -2.50. The van der Waals surface area contributed by atoms with Gasteiger partial charge in [0.1, 0.15) is 23.1 Å². The average molecular weight is 294 g/mol. The fourth-order valence-electron chi connectivity index (χ4n) is 2.15. The third-order valence-corrected chi connectivity index (χ3v) is 3.29. The fourth-order valence-corrected chi connectivity index (χ4v) is 2.15. The molecule has 1 fully saturated rings. The number of hydrogen-bond donors (Lipinski definition) is 3. The Morgan fingerprint density at radius 1 is 1.24 bits per heavy atom. The lowest BCUT2D eigenvalue weighted by atomic mass is 10.1. The van der Waals surface area contributed by atoms with Gasteiger partial charge < -0.3 is 25.2 Å². The van der Waals surface area contributed by atoms with Crippen molar-refractivity contribution in [2.24, 2.45) is 0 Å². The second-order valence-electron chi connectivity index (χ2n) is 4.80. The molecular weight excluding hydrogens is 276 g/mol. The summed E-state index contributed by atoms with van der Waals surface area (Å²) in [5.74, 6) is -1.58. The molecule has 0 aliphatic carbocycles. The molecule has 7 heteroatoms. The summed E-state index contributed by atoms with van der Waals surface area (Å²) >= 11 is 0. The van der Waals surface area contributed by atoms with Gasteiger partial charge in [0, 0.05) is 13.1 Å². The monoisotopic (exact) mass is 294 g/mol. The average Bonchev–Trinajstić information content (AvgIpc) is 2.47. The van der Waals surface area contributed by atoms with Crippen LogP contribution in [0.25, 0.3) is 0 Å². The number of benzene rings is 1. The van der Waals surface area contributed by atoms with E-state index in [1.165, 1.54) is 18.2 Å². The molecule has 0 radical (unpaired) electrons. The molecule has 114 valence electrons. The van der Waals surface area contributed by atoms with E-state index in [2.05, 4.69) is 5.32 Å². The van der Waals surface area contributed by atoms with Gasteiger partial charge in [-0.05, 0) is 19.1 Å². The summed E-state index contributed by atoms with van der Waals surface area (Å²) in [4.78, 5) is 25.8. The molecule has 1 unspecified atom stereocenters. The fraction of sp³-hybridized carbons (Fsp3) is 0.429. The van der Waals surface area contributed by atoms with E-state index in [0.29, 0.717) is 26.3 Å². The maximum atomic E-state index is 12.2. The van der Waals surface area contributed by atoms with Gasteiger partial charge in [-0.25, -0.2) is 0 Å². The van der Waals surface area contributed by atoms with Crippen LogP contribution in [0, 0.1) is 0 Å². The first-order valence-electron chi connectivity index (χ1n) is 6.69. The van der Waals surface area contributed by atoms with Gasteiger partial charge in [-0.2, -0.15) is 0 Å². The quantitative estimate of drug-likeness (QED) is 0.733. The van der Waals surface area contributed by atoms with E-state index in [9.17, 15) is 19.8 Å². The van der Waals surface area contributed by atoms with Gasteiger partial charge in [0.2, 0.25) is 5.91 Å². The van der Waals surface area contributed by atoms with Crippen LogP contribution in [-0.4, -0.2) is 59.3 Å². The van der Waals surface area contributed by atoms with E-state index in [1.54, 1.807) is 11.8 Å². The summed E-state index contributed by atoms with van der Waals surface area (Å²) in [5.41, 5.74) is -0.237. The maximum Gasteiger partial charge on any atom is 0.259 e. The van der Waals surface area contributed by atoms with E-state index < -0.39 is 11.9 Å². The van der Waals surface area contributed by atoms with Crippen LogP contribution < -0.4 is 5.32 Å². The first-order chi connectivity index (χ1) is 10.0. The van der Waals surface area contributed by atoms with Crippen molar-refractivity contribution in [3.63, 3.8) is 0 Å². The number of phenolic OH excluding ortho intramolecular Hbond substituents is 2. The molecule has 1 aliphatic rings. The summed E-state index contributed by atoms with van der Waals surface area (Å²) in [5, 5.41) is 21.7. The number of nitrogens with zero attached hydrogens (tertiary/aromatic N) is 1. The van der Waals surface area contributed by atoms with Crippen molar-refractivity contribution in [2.45, 2.75) is 13.0 Å². The molecule has 3 N–H and O–H groups in total. The van der Waals surface area contributed by atoms with Gasteiger partial charge in [0.05, 0.1) is 13.2 Å². The molecule has 7 nitrogen and oxygen atoms in total. The van der Waals surface area contributed by atoms with E-state index in [0.717, 1.165) is 0 Å². The summed E-state index contributed by atoms with van der Waals surface area (Å²) in [6, 6.07) is 3.25. The Kier molecular flexibility index (Phi) is 4.64. The zero-order valence-corrected chi connectivity index (χ0v) is 11.7. The van der Waals surface area contributed by atoms with E-state index in [-0.39, 0.29) is 23.0 Å². The molecular formula is C14H18N2O5. The standard InChI is InChI=1S/C14H18N2O5/c1-9(14(20)16-5-7-21-8-6-16)15-13(19)12-10(17)3-2-4-11(12)18/h2-4,9,17-18H,5-8H2,1H3,(H,15,19). The predicted molar refractivity (Wildman–Crippen MR) is 74.1 cm³/mol. The maximum absolute atomic E-state index is 12.2. The van der Waals surface area contributed by atoms with Crippen LogP contribution in [0.5, 0.6) is 11.5 Å². The number of ether oxygens (including phenoxy) is 1. The molecule has 1 atom stereocenters. The lowest BCUT2D eigenvalue weighted by Gasteiger charge is -2.29. The smallest absolute Gasteiger partial charge is 0.259 e. The molecule has 21 heavy (non-hydrogen) atoms. The molecule has 2 rings (SSSR count). The number of carbonyl (C=O) groups is 2. The molecule has 2 amide bonds. The van der Waals surface area contributed by atoms with Gasteiger partial charge in [-0.15, -0.1) is 0 Å². The topological polar surface area (TPSA) is 99.1 Å². The number of carbonyl (C=O) groups excluding carboxylic acids is 2. The highest BCUT2D eigenvalue weighted by Crippen LogP contribution is 2.25. The number of hydrogen-bond acceptors (Lipinski definition) is 5. The Labute approximate surface area is 122 Å². The Hall–Kier alpha value is -2.28. The number of morpholine rings is 1. The van der Waals surface area contributed by atoms with Crippen LogP contribution >= 0.6 is 0 Å². The predicted octanol–water partition coefficient (Wildman–Crippen LogP) is 0.0749. The highest BCUT2D eigenvalue weighted by atomic mass is 16.5. The third-order valence-electron chi connectivity index (χ3n) is 3.29. The molecule has 0 spiro atoms. The van der Waals surface area contributed by atoms with Crippen LogP contribution in [-0.2, 0) is 9.53 Å². The van der Waals surface area contributed by atoms with E-state index >= 15 is 0 Å². The normalized spacial score (nSPS) is 16.3. The van der Waals surface area contributed by atoms with Crippen molar-refractivity contribution in [1.82, 2.24) is 10.2 Å². The minimum absolute atomic E-state index is 0.221. The highest BCUT2D eigenvalue weighted by Gasteiger charge is 2.25. The van der Waals surface area contributed by atoms with Crippen LogP contribution in [0.4, 0.5) is 0 Å². The molecule has 0 saturated carbocycles. The Morgan fingerprint density at radius 3 is 2.38 bits per heavy atom. The second kappa shape index (κ2) is 6.45. The van der Waals surface area contributed by atoms with Crippen molar-refractivity contribution in [2.75, 3.05) is 26.3 Å². The van der Waals surface area contributed by atoms with Crippen LogP contribution in [0.3, 0.4) is 0 Å². The van der Waals surface area contributed by atoms with Gasteiger partial charge in [-0.3, -0.25) is 9.59 Å². The Bertz CT molecular complexity index is 520. The molecule has 1 aromatic rings. The Balaban J connectivity index is 2.03. The minimum atomic E-state index is -0.755. The van der Waals surface area contributed by atoms with E-state index in [1.807, 2.05) is 0 Å². The van der Waals surface area contributed by atoms with Crippen molar-refractivity contribution in [3.05, 3.63) is 23.8 Å². The first-order valence-corrected chi connectivity index (χ1v) is 6.69. The number of rotatable bonds is 3. The second-order valence-corrected chi connectivity index (χ2v) is 4.80. The van der Waals surface area contributed by atoms with Gasteiger partial charge >= 0.3 is 0 Å².